The Morgan fingerprint density at radius 2 is 1.45 bits per heavy atom. The molecule has 2 saturated heterocycles. The van der Waals surface area contributed by atoms with Crippen LogP contribution in [0.5, 0.6) is 17.2 Å². The lowest BCUT2D eigenvalue weighted by Gasteiger charge is -2.22. The number of imide groups is 2. The van der Waals surface area contributed by atoms with Gasteiger partial charge in [-0.1, -0.05) is 90.6 Å². The molecule has 0 aromatic heterocycles. The lowest BCUT2D eigenvalue weighted by Crippen LogP contribution is -2.32. The van der Waals surface area contributed by atoms with E-state index < -0.39 is 16.6 Å². The van der Waals surface area contributed by atoms with Gasteiger partial charge in [-0.3, -0.25) is 24.5 Å². The zero-order valence-corrected chi connectivity index (χ0v) is 30.1. The second kappa shape index (κ2) is 16.2. The first-order valence-electron chi connectivity index (χ1n) is 16.2. The first-order chi connectivity index (χ1) is 24.6. The van der Waals surface area contributed by atoms with Crippen LogP contribution in [0.15, 0.2) is 91.0 Å². The summed E-state index contributed by atoms with van der Waals surface area (Å²) in [5, 5.41) is 11.5. The highest BCUT2D eigenvalue weighted by atomic mass is 35.5. The molecule has 4 aromatic carbocycles. The van der Waals surface area contributed by atoms with Crippen LogP contribution in [0.2, 0.25) is 5.02 Å². The number of thioether (sulfide) groups is 2. The molecule has 2 unspecified atom stereocenters. The molecule has 51 heavy (non-hydrogen) atoms. The van der Waals surface area contributed by atoms with Crippen LogP contribution in [0.25, 0.3) is 0 Å². The predicted octanol–water partition coefficient (Wildman–Crippen LogP) is 7.35. The van der Waals surface area contributed by atoms with Gasteiger partial charge < -0.3 is 19.3 Å². The molecule has 0 spiro atoms. The maximum absolute atomic E-state index is 13.7. The number of amides is 4. The van der Waals surface area contributed by atoms with E-state index in [1.165, 1.54) is 12.0 Å². The van der Waals surface area contributed by atoms with E-state index in [1.807, 2.05) is 49.4 Å². The van der Waals surface area contributed by atoms with Gasteiger partial charge in [-0.05, 0) is 72.0 Å². The summed E-state index contributed by atoms with van der Waals surface area (Å²) in [6.07, 6.45) is -0.0624. The molecule has 4 atom stereocenters. The van der Waals surface area contributed by atoms with Gasteiger partial charge in [-0.2, -0.15) is 0 Å². The van der Waals surface area contributed by atoms with E-state index in [0.717, 1.165) is 40.2 Å². The number of nitrogens with zero attached hydrogens (tertiary/aromatic N) is 1. The highest BCUT2D eigenvalue weighted by Gasteiger charge is 2.42. The van der Waals surface area contributed by atoms with Crippen molar-refractivity contribution >= 4 is 63.1 Å². The Hall–Kier alpha value is -4.49. The summed E-state index contributed by atoms with van der Waals surface area (Å²) >= 11 is 8.00. The van der Waals surface area contributed by atoms with Crippen LogP contribution in [-0.4, -0.2) is 58.2 Å². The molecule has 2 heterocycles. The molecule has 2 aliphatic rings. The molecule has 264 valence electrons. The van der Waals surface area contributed by atoms with Crippen molar-refractivity contribution in [1.29, 1.82) is 0 Å². The first-order valence-corrected chi connectivity index (χ1v) is 18.3. The Bertz CT molecular complexity index is 1920. The summed E-state index contributed by atoms with van der Waals surface area (Å²) < 4.78 is 17.6. The van der Waals surface area contributed by atoms with Crippen LogP contribution >= 0.6 is 35.1 Å². The number of ether oxygens (including phenoxy) is 3. The van der Waals surface area contributed by atoms with Crippen molar-refractivity contribution in [2.75, 3.05) is 25.2 Å². The molecule has 0 bridgehead atoms. The van der Waals surface area contributed by atoms with Crippen molar-refractivity contribution in [2.24, 2.45) is 0 Å². The number of para-hydroxylation sites is 1. The van der Waals surface area contributed by atoms with Crippen LogP contribution < -0.4 is 24.4 Å². The fraction of sp³-hybridized carbons (Fsp3) is 0.263. The third-order valence-corrected chi connectivity index (χ3v) is 10.8. The van der Waals surface area contributed by atoms with Gasteiger partial charge in [0.1, 0.15) is 30.0 Å². The standard InChI is InChI=1S/C38H35ClN2O8S2/c1-22(20-48-27-13-9-23(10-14-27)17-32-35(43)40-37(45)50-32)29-7-4-8-30(34(29)47-2)41-36(44)33(51-38(41)46)18-24-11-15-28(16-12-24)49-21-31(42)25-5-3-6-26(39)19-25/h3-16,19,22,31-33,42H,17-18,20-21H2,1-2H3,(H,40,43,45)/t22-,31-,32?,33?/m1/s1. The number of methoxy groups -OCH3 is 1. The van der Waals surface area contributed by atoms with Crippen LogP contribution in [0, 0.1) is 0 Å². The van der Waals surface area contributed by atoms with Gasteiger partial charge >= 0.3 is 0 Å². The number of nitrogens with one attached hydrogen (secondary N) is 1. The van der Waals surface area contributed by atoms with E-state index in [-0.39, 0.29) is 34.8 Å². The summed E-state index contributed by atoms with van der Waals surface area (Å²) in [5.41, 5.74) is 3.59. The number of hydrogen-bond donors (Lipinski definition) is 2. The molecule has 0 radical (unpaired) electrons. The Balaban J connectivity index is 1.05. The van der Waals surface area contributed by atoms with Crippen molar-refractivity contribution in [3.63, 3.8) is 0 Å². The zero-order valence-electron chi connectivity index (χ0n) is 27.7. The Morgan fingerprint density at radius 1 is 0.824 bits per heavy atom. The first kappa shape index (κ1) is 36.3. The van der Waals surface area contributed by atoms with Gasteiger partial charge in [0.25, 0.3) is 10.5 Å². The average Bonchev–Trinajstić information content (AvgIpc) is 3.60. The molecular weight excluding hydrogens is 712 g/mol. The SMILES string of the molecule is COc1c([C@H](C)COc2ccc(CC3SC(=O)NC3=O)cc2)cccc1N1C(=O)SC(Cc2ccc(OC[C@@H](O)c3cccc(Cl)c3)cc2)C1=O. The number of halogens is 1. The Kier molecular flexibility index (Phi) is 11.6. The third kappa shape index (κ3) is 8.70. The smallest absolute Gasteiger partial charge is 0.293 e. The topological polar surface area (TPSA) is 131 Å². The van der Waals surface area contributed by atoms with Crippen molar-refractivity contribution in [2.45, 2.75) is 42.3 Å². The molecule has 2 aliphatic heterocycles. The zero-order chi connectivity index (χ0) is 36.1. The number of benzene rings is 4. The van der Waals surface area contributed by atoms with E-state index in [2.05, 4.69) is 5.32 Å². The summed E-state index contributed by atoms with van der Waals surface area (Å²) in [5.74, 6) is 0.865. The van der Waals surface area contributed by atoms with Crippen molar-refractivity contribution in [3.05, 3.63) is 118 Å². The molecule has 4 aromatic rings. The fourth-order valence-electron chi connectivity index (χ4n) is 5.83. The second-order valence-electron chi connectivity index (χ2n) is 12.1. The largest absolute Gasteiger partial charge is 0.494 e. The number of aliphatic hydroxyl groups excluding tert-OH is 1. The quantitative estimate of drug-likeness (QED) is 0.135. The number of hydrogen-bond acceptors (Lipinski definition) is 10. The highest BCUT2D eigenvalue weighted by Crippen LogP contribution is 2.42. The van der Waals surface area contributed by atoms with Crippen LogP contribution in [-0.2, 0) is 22.4 Å². The molecule has 0 aliphatic carbocycles. The number of aliphatic hydroxyl groups is 1. The summed E-state index contributed by atoms with van der Waals surface area (Å²) in [6, 6.07) is 27.0. The number of carbonyl (C=O) groups excluding carboxylic acids is 4. The van der Waals surface area contributed by atoms with Gasteiger partial charge in [0.2, 0.25) is 11.8 Å². The van der Waals surface area contributed by atoms with Crippen LogP contribution in [0.4, 0.5) is 15.3 Å². The molecule has 10 nitrogen and oxygen atoms in total. The van der Waals surface area contributed by atoms with E-state index in [1.54, 1.807) is 48.5 Å². The normalized spacial score (nSPS) is 18.5. The number of carbonyl (C=O) groups is 4. The van der Waals surface area contributed by atoms with E-state index in [0.29, 0.717) is 53.0 Å². The lowest BCUT2D eigenvalue weighted by molar-refractivity contribution is -0.119. The molecule has 2 N–H and O–H groups in total. The van der Waals surface area contributed by atoms with Crippen molar-refractivity contribution < 1.29 is 38.5 Å². The molecule has 0 saturated carbocycles. The maximum atomic E-state index is 13.7. The number of rotatable bonds is 14. The molecule has 2 fully saturated rings. The van der Waals surface area contributed by atoms with Gasteiger partial charge in [-0.15, -0.1) is 0 Å². The monoisotopic (exact) mass is 746 g/mol. The van der Waals surface area contributed by atoms with E-state index >= 15 is 0 Å². The summed E-state index contributed by atoms with van der Waals surface area (Å²) in [4.78, 5) is 51.5. The lowest BCUT2D eigenvalue weighted by atomic mass is 9.99. The van der Waals surface area contributed by atoms with Gasteiger partial charge in [0.15, 0.2) is 0 Å². The van der Waals surface area contributed by atoms with E-state index in [9.17, 15) is 24.3 Å². The Labute approximate surface area is 308 Å². The second-order valence-corrected chi connectivity index (χ2v) is 14.9. The predicted molar refractivity (Wildman–Crippen MR) is 198 cm³/mol. The Morgan fingerprint density at radius 3 is 2.06 bits per heavy atom. The van der Waals surface area contributed by atoms with Gasteiger partial charge in [0, 0.05) is 16.5 Å². The molecule has 4 amide bonds. The summed E-state index contributed by atoms with van der Waals surface area (Å²) in [7, 11) is 1.51. The highest BCUT2D eigenvalue weighted by molar-refractivity contribution is 8.16. The summed E-state index contributed by atoms with van der Waals surface area (Å²) in [6.45, 7) is 2.32. The molecule has 13 heteroatoms. The molecule has 6 rings (SSSR count). The minimum Gasteiger partial charge on any atom is -0.494 e. The van der Waals surface area contributed by atoms with Crippen molar-refractivity contribution in [1.82, 2.24) is 5.32 Å². The average molecular weight is 747 g/mol. The minimum atomic E-state index is -0.842. The fourth-order valence-corrected chi connectivity index (χ4v) is 7.91. The van der Waals surface area contributed by atoms with Crippen LogP contribution in [0.1, 0.15) is 41.2 Å². The third-order valence-electron chi connectivity index (χ3n) is 8.52. The minimum absolute atomic E-state index is 0.0473. The van der Waals surface area contributed by atoms with Crippen molar-refractivity contribution in [3.8, 4) is 17.2 Å². The van der Waals surface area contributed by atoms with Crippen LogP contribution in [0.3, 0.4) is 0 Å². The maximum Gasteiger partial charge on any atom is 0.293 e. The van der Waals surface area contributed by atoms with Gasteiger partial charge in [0.05, 0.1) is 29.9 Å². The number of anilines is 1. The van der Waals surface area contributed by atoms with E-state index in [4.69, 9.17) is 25.8 Å². The molecular formula is C38H35ClN2O8S2. The van der Waals surface area contributed by atoms with Gasteiger partial charge in [-0.25, -0.2) is 4.90 Å².